The normalized spacial score (nSPS) is 10.4. The summed E-state index contributed by atoms with van der Waals surface area (Å²) in [6, 6.07) is 16.0. The molecular formula is C16H19NO2. The first-order chi connectivity index (χ1) is 9.31. The van der Waals surface area contributed by atoms with E-state index in [-0.39, 0.29) is 6.79 Å². The maximum Gasteiger partial charge on any atom is 0.189 e. The van der Waals surface area contributed by atoms with Crippen molar-refractivity contribution in [1.82, 2.24) is 0 Å². The van der Waals surface area contributed by atoms with E-state index < -0.39 is 0 Å². The Morgan fingerprint density at radius 1 is 1.00 bits per heavy atom. The fraction of sp³-hybridized carbons (Fsp3) is 0.250. The first-order valence-corrected chi connectivity index (χ1v) is 6.34. The van der Waals surface area contributed by atoms with Crippen molar-refractivity contribution in [2.24, 2.45) is 5.73 Å². The largest absolute Gasteiger partial charge is 0.467 e. The van der Waals surface area contributed by atoms with Crippen LogP contribution in [0.2, 0.25) is 0 Å². The lowest BCUT2D eigenvalue weighted by Gasteiger charge is -2.13. The summed E-state index contributed by atoms with van der Waals surface area (Å²) in [5.74, 6) is 0.832. The minimum Gasteiger partial charge on any atom is -0.467 e. The second kappa shape index (κ2) is 6.92. The third-order valence-corrected chi connectivity index (χ3v) is 2.91. The maximum atomic E-state index is 5.69. The Kier molecular flexibility index (Phi) is 4.95. The summed E-state index contributed by atoms with van der Waals surface area (Å²) in [6.45, 7) is 3.25. The van der Waals surface area contributed by atoms with E-state index in [1.54, 1.807) is 0 Å². The van der Waals surface area contributed by atoms with Crippen LogP contribution in [0.1, 0.15) is 16.7 Å². The molecule has 0 bridgehead atoms. The molecule has 0 spiro atoms. The van der Waals surface area contributed by atoms with Gasteiger partial charge in [-0.25, -0.2) is 0 Å². The molecule has 3 nitrogen and oxygen atoms in total. The Labute approximate surface area is 114 Å². The summed E-state index contributed by atoms with van der Waals surface area (Å²) in [5.41, 5.74) is 8.91. The van der Waals surface area contributed by atoms with E-state index in [2.05, 4.69) is 0 Å². The molecule has 0 saturated carbocycles. The summed E-state index contributed by atoms with van der Waals surface area (Å²) in [5, 5.41) is 0. The predicted octanol–water partition coefficient (Wildman–Crippen LogP) is 3.01. The average Bonchev–Trinajstić information content (AvgIpc) is 2.46. The third kappa shape index (κ3) is 3.81. The summed E-state index contributed by atoms with van der Waals surface area (Å²) in [7, 11) is 0. The van der Waals surface area contributed by atoms with E-state index in [0.29, 0.717) is 13.2 Å². The Morgan fingerprint density at radius 3 is 2.53 bits per heavy atom. The van der Waals surface area contributed by atoms with E-state index >= 15 is 0 Å². The number of hydrogen-bond acceptors (Lipinski definition) is 3. The quantitative estimate of drug-likeness (QED) is 0.639. The Morgan fingerprint density at radius 2 is 1.79 bits per heavy atom. The minimum absolute atomic E-state index is 0.229. The maximum absolute atomic E-state index is 5.69. The summed E-state index contributed by atoms with van der Waals surface area (Å²) in [6.07, 6.45) is 0. The Hall–Kier alpha value is -1.84. The fourth-order valence-corrected chi connectivity index (χ4v) is 1.91. The summed E-state index contributed by atoms with van der Waals surface area (Å²) < 4.78 is 11.2. The number of nitrogens with two attached hydrogens (primary N) is 1. The van der Waals surface area contributed by atoms with Gasteiger partial charge in [0.2, 0.25) is 0 Å². The molecule has 0 atom stereocenters. The molecular weight excluding hydrogens is 238 g/mol. The van der Waals surface area contributed by atoms with Gasteiger partial charge in [-0.1, -0.05) is 48.5 Å². The molecule has 0 aromatic heterocycles. The van der Waals surface area contributed by atoms with Gasteiger partial charge in [0.15, 0.2) is 6.79 Å². The van der Waals surface area contributed by atoms with Crippen molar-refractivity contribution in [3.63, 3.8) is 0 Å². The highest BCUT2D eigenvalue weighted by molar-refractivity contribution is 5.40. The monoisotopic (exact) mass is 257 g/mol. The standard InChI is InChI=1S/C16H19NO2/c1-13-6-5-9-15(10-17)16(13)19-12-18-11-14-7-3-2-4-8-14/h2-9H,10-12,17H2,1H3. The highest BCUT2D eigenvalue weighted by atomic mass is 16.7. The zero-order valence-corrected chi connectivity index (χ0v) is 11.1. The van der Waals surface area contributed by atoms with Crippen molar-refractivity contribution < 1.29 is 9.47 Å². The van der Waals surface area contributed by atoms with E-state index in [9.17, 15) is 0 Å². The van der Waals surface area contributed by atoms with Crippen LogP contribution >= 0.6 is 0 Å². The highest BCUT2D eigenvalue weighted by Gasteiger charge is 2.05. The van der Waals surface area contributed by atoms with Crippen molar-refractivity contribution in [3.8, 4) is 5.75 Å². The van der Waals surface area contributed by atoms with Crippen LogP contribution in [0.25, 0.3) is 0 Å². The van der Waals surface area contributed by atoms with Gasteiger partial charge in [-0.2, -0.15) is 0 Å². The van der Waals surface area contributed by atoms with Gasteiger partial charge in [0.1, 0.15) is 5.75 Å². The second-order valence-corrected chi connectivity index (χ2v) is 4.36. The number of benzene rings is 2. The lowest BCUT2D eigenvalue weighted by Crippen LogP contribution is -2.07. The molecule has 0 saturated heterocycles. The van der Waals surface area contributed by atoms with Gasteiger partial charge in [0.05, 0.1) is 6.61 Å². The molecule has 3 heteroatoms. The first-order valence-electron chi connectivity index (χ1n) is 6.34. The Bertz CT molecular complexity index is 511. The smallest absolute Gasteiger partial charge is 0.189 e. The van der Waals surface area contributed by atoms with Gasteiger partial charge in [0.25, 0.3) is 0 Å². The molecule has 0 aliphatic carbocycles. The van der Waals surface area contributed by atoms with E-state index in [0.717, 1.165) is 22.4 Å². The Balaban J connectivity index is 1.86. The molecule has 0 unspecified atom stereocenters. The van der Waals surface area contributed by atoms with Gasteiger partial charge in [-0.15, -0.1) is 0 Å². The molecule has 0 aliphatic heterocycles. The highest BCUT2D eigenvalue weighted by Crippen LogP contribution is 2.22. The van der Waals surface area contributed by atoms with Crippen LogP contribution in [-0.4, -0.2) is 6.79 Å². The SMILES string of the molecule is Cc1cccc(CN)c1OCOCc1ccccc1. The number of aryl methyl sites for hydroxylation is 1. The number of ether oxygens (including phenoxy) is 2. The fourth-order valence-electron chi connectivity index (χ4n) is 1.91. The first kappa shape index (κ1) is 13.6. The lowest BCUT2D eigenvalue weighted by atomic mass is 10.1. The molecule has 100 valence electrons. The van der Waals surface area contributed by atoms with Crippen LogP contribution in [0.4, 0.5) is 0 Å². The van der Waals surface area contributed by atoms with E-state index in [4.69, 9.17) is 15.2 Å². The minimum atomic E-state index is 0.229. The molecule has 0 heterocycles. The van der Waals surface area contributed by atoms with Crippen LogP contribution in [0, 0.1) is 6.92 Å². The van der Waals surface area contributed by atoms with Crippen LogP contribution in [0.5, 0.6) is 5.75 Å². The number of para-hydroxylation sites is 1. The second-order valence-electron chi connectivity index (χ2n) is 4.36. The van der Waals surface area contributed by atoms with E-state index in [1.807, 2.05) is 55.5 Å². The number of rotatable bonds is 6. The van der Waals surface area contributed by atoms with Crippen molar-refractivity contribution in [2.45, 2.75) is 20.1 Å². The lowest BCUT2D eigenvalue weighted by molar-refractivity contribution is 0.00418. The molecule has 0 amide bonds. The van der Waals surface area contributed by atoms with Gasteiger partial charge < -0.3 is 15.2 Å². The molecule has 0 fully saturated rings. The van der Waals surface area contributed by atoms with Crippen molar-refractivity contribution in [1.29, 1.82) is 0 Å². The molecule has 0 radical (unpaired) electrons. The van der Waals surface area contributed by atoms with Gasteiger partial charge >= 0.3 is 0 Å². The van der Waals surface area contributed by atoms with Crippen LogP contribution in [0.3, 0.4) is 0 Å². The van der Waals surface area contributed by atoms with Crippen LogP contribution in [-0.2, 0) is 17.9 Å². The van der Waals surface area contributed by atoms with Crippen LogP contribution in [0.15, 0.2) is 48.5 Å². The molecule has 2 N–H and O–H groups in total. The van der Waals surface area contributed by atoms with Gasteiger partial charge in [0, 0.05) is 12.1 Å². The van der Waals surface area contributed by atoms with Crippen molar-refractivity contribution in [3.05, 3.63) is 65.2 Å². The molecule has 2 aromatic rings. The zero-order valence-electron chi connectivity index (χ0n) is 11.1. The van der Waals surface area contributed by atoms with Crippen LogP contribution < -0.4 is 10.5 Å². The molecule has 2 rings (SSSR count). The van der Waals surface area contributed by atoms with Crippen molar-refractivity contribution >= 4 is 0 Å². The van der Waals surface area contributed by atoms with E-state index in [1.165, 1.54) is 0 Å². The van der Waals surface area contributed by atoms with Gasteiger partial charge in [-0.3, -0.25) is 0 Å². The molecule has 19 heavy (non-hydrogen) atoms. The summed E-state index contributed by atoms with van der Waals surface area (Å²) in [4.78, 5) is 0. The predicted molar refractivity (Wildman–Crippen MR) is 75.8 cm³/mol. The topological polar surface area (TPSA) is 44.5 Å². The average molecular weight is 257 g/mol. The molecule has 0 aliphatic rings. The summed E-state index contributed by atoms with van der Waals surface area (Å²) >= 11 is 0. The third-order valence-electron chi connectivity index (χ3n) is 2.91. The number of hydrogen-bond donors (Lipinski definition) is 1. The zero-order chi connectivity index (χ0) is 13.5. The van der Waals surface area contributed by atoms with Crippen molar-refractivity contribution in [2.75, 3.05) is 6.79 Å². The molecule has 2 aromatic carbocycles. The van der Waals surface area contributed by atoms with Gasteiger partial charge in [-0.05, 0) is 18.1 Å².